The summed E-state index contributed by atoms with van der Waals surface area (Å²) in [6.45, 7) is 3.91. The summed E-state index contributed by atoms with van der Waals surface area (Å²) < 4.78 is 27.8. The summed E-state index contributed by atoms with van der Waals surface area (Å²) in [6, 6.07) is 2.71. The van der Waals surface area contributed by atoms with Gasteiger partial charge in [-0.1, -0.05) is 0 Å². The number of likely N-dealkylation sites (N-methyl/N-ethyl adjacent to an activating group) is 1. The Labute approximate surface area is 116 Å². The Morgan fingerprint density at radius 2 is 2.20 bits per heavy atom. The van der Waals surface area contributed by atoms with Crippen LogP contribution in [0.2, 0.25) is 0 Å². The van der Waals surface area contributed by atoms with Crippen LogP contribution in [0.1, 0.15) is 30.1 Å². The molecule has 1 fully saturated rings. The Morgan fingerprint density at radius 3 is 2.75 bits per heavy atom. The van der Waals surface area contributed by atoms with Crippen molar-refractivity contribution >= 4 is 11.7 Å². The quantitative estimate of drug-likeness (QED) is 0.870. The van der Waals surface area contributed by atoms with Gasteiger partial charge in [0.15, 0.2) is 11.6 Å². The second-order valence-corrected chi connectivity index (χ2v) is 4.90. The van der Waals surface area contributed by atoms with Crippen LogP contribution in [0.15, 0.2) is 12.1 Å². The third kappa shape index (κ3) is 2.90. The molecule has 1 saturated heterocycles. The van der Waals surface area contributed by atoms with Crippen LogP contribution in [-0.4, -0.2) is 36.8 Å². The maximum atomic E-state index is 14.0. The van der Waals surface area contributed by atoms with Crippen LogP contribution in [0.4, 0.5) is 14.5 Å². The van der Waals surface area contributed by atoms with E-state index in [0.29, 0.717) is 13.1 Å². The Hall–Kier alpha value is -1.69. The molecule has 1 unspecified atom stereocenters. The monoisotopic (exact) mass is 284 g/mol. The van der Waals surface area contributed by atoms with Gasteiger partial charge in [0, 0.05) is 19.1 Å². The number of halogens is 2. The van der Waals surface area contributed by atoms with E-state index in [0.717, 1.165) is 25.5 Å². The van der Waals surface area contributed by atoms with Crippen LogP contribution >= 0.6 is 0 Å². The van der Waals surface area contributed by atoms with Crippen molar-refractivity contribution in [2.45, 2.75) is 25.8 Å². The molecule has 2 rings (SSSR count). The summed E-state index contributed by atoms with van der Waals surface area (Å²) in [5, 5.41) is 12.1. The Kier molecular flexibility index (Phi) is 4.54. The molecule has 20 heavy (non-hydrogen) atoms. The molecule has 1 atom stereocenters. The minimum Gasteiger partial charge on any atom is -0.478 e. The number of carbonyl (C=O) groups is 1. The van der Waals surface area contributed by atoms with Crippen molar-refractivity contribution in [1.82, 2.24) is 5.32 Å². The summed E-state index contributed by atoms with van der Waals surface area (Å²) in [7, 11) is 0. The van der Waals surface area contributed by atoms with Crippen molar-refractivity contribution in [1.29, 1.82) is 0 Å². The molecule has 0 saturated carbocycles. The normalized spacial score (nSPS) is 18.2. The zero-order chi connectivity index (χ0) is 14.7. The van der Waals surface area contributed by atoms with Gasteiger partial charge >= 0.3 is 5.97 Å². The summed E-state index contributed by atoms with van der Waals surface area (Å²) >= 11 is 0. The van der Waals surface area contributed by atoms with Gasteiger partial charge in [0.05, 0.1) is 11.3 Å². The third-order valence-electron chi connectivity index (χ3n) is 3.62. The topological polar surface area (TPSA) is 52.6 Å². The van der Waals surface area contributed by atoms with E-state index >= 15 is 0 Å². The summed E-state index contributed by atoms with van der Waals surface area (Å²) in [5.41, 5.74) is -0.523. The molecule has 0 spiro atoms. The van der Waals surface area contributed by atoms with Crippen molar-refractivity contribution in [2.75, 3.05) is 24.5 Å². The third-order valence-corrected chi connectivity index (χ3v) is 3.62. The second kappa shape index (κ2) is 6.17. The first kappa shape index (κ1) is 14.7. The van der Waals surface area contributed by atoms with Gasteiger partial charge in [-0.2, -0.15) is 0 Å². The molecular weight excluding hydrogens is 266 g/mol. The van der Waals surface area contributed by atoms with Crippen LogP contribution in [0.25, 0.3) is 0 Å². The van der Waals surface area contributed by atoms with Gasteiger partial charge in [-0.25, -0.2) is 13.6 Å². The van der Waals surface area contributed by atoms with Gasteiger partial charge in [-0.3, -0.25) is 0 Å². The molecule has 1 aromatic carbocycles. The lowest BCUT2D eigenvalue weighted by atomic mass is 10.1. The van der Waals surface area contributed by atoms with Crippen LogP contribution in [-0.2, 0) is 0 Å². The van der Waals surface area contributed by atoms with E-state index in [9.17, 15) is 13.6 Å². The number of carboxylic acids is 1. The maximum absolute atomic E-state index is 14.0. The van der Waals surface area contributed by atoms with Crippen molar-refractivity contribution in [2.24, 2.45) is 0 Å². The van der Waals surface area contributed by atoms with Gasteiger partial charge in [-0.05, 0) is 38.4 Å². The van der Waals surface area contributed by atoms with Crippen molar-refractivity contribution in [3.63, 3.8) is 0 Å². The number of nitrogens with one attached hydrogen (secondary N) is 1. The molecule has 1 aliphatic heterocycles. The van der Waals surface area contributed by atoms with Crippen LogP contribution in [0, 0.1) is 11.6 Å². The molecule has 0 aromatic heterocycles. The highest BCUT2D eigenvalue weighted by atomic mass is 19.2. The molecule has 0 radical (unpaired) electrons. The number of hydrogen-bond donors (Lipinski definition) is 2. The molecule has 1 aromatic rings. The van der Waals surface area contributed by atoms with Gasteiger partial charge in [-0.15, -0.1) is 0 Å². The molecular formula is C14H18F2N2O2. The lowest BCUT2D eigenvalue weighted by molar-refractivity contribution is 0.0690. The number of carboxylic acid groups (broad SMARTS) is 1. The van der Waals surface area contributed by atoms with E-state index in [-0.39, 0.29) is 11.7 Å². The number of aromatic carboxylic acids is 1. The average molecular weight is 284 g/mol. The number of anilines is 1. The Morgan fingerprint density at radius 1 is 1.45 bits per heavy atom. The van der Waals surface area contributed by atoms with Gasteiger partial charge in [0.1, 0.15) is 0 Å². The minimum atomic E-state index is -1.46. The maximum Gasteiger partial charge on any atom is 0.338 e. The zero-order valence-electron chi connectivity index (χ0n) is 11.3. The van der Waals surface area contributed by atoms with Gasteiger partial charge < -0.3 is 15.3 Å². The molecule has 4 nitrogen and oxygen atoms in total. The molecule has 110 valence electrons. The first-order valence-electron chi connectivity index (χ1n) is 6.74. The fourth-order valence-corrected chi connectivity index (χ4v) is 2.53. The molecule has 0 aliphatic carbocycles. The molecule has 0 amide bonds. The molecule has 2 N–H and O–H groups in total. The fraction of sp³-hybridized carbons (Fsp3) is 0.500. The highest BCUT2D eigenvalue weighted by molar-refractivity contribution is 5.88. The lowest BCUT2D eigenvalue weighted by Crippen LogP contribution is -2.38. The summed E-state index contributed by atoms with van der Waals surface area (Å²) in [6.07, 6.45) is 2.09. The number of rotatable bonds is 5. The van der Waals surface area contributed by atoms with E-state index in [4.69, 9.17) is 5.11 Å². The van der Waals surface area contributed by atoms with Crippen molar-refractivity contribution in [3.8, 4) is 0 Å². The largest absolute Gasteiger partial charge is 0.478 e. The summed E-state index contributed by atoms with van der Waals surface area (Å²) in [4.78, 5) is 12.5. The number of hydrogen-bond acceptors (Lipinski definition) is 3. The van der Waals surface area contributed by atoms with E-state index < -0.39 is 23.2 Å². The van der Waals surface area contributed by atoms with Crippen LogP contribution in [0.3, 0.4) is 0 Å². The van der Waals surface area contributed by atoms with Crippen molar-refractivity contribution < 1.29 is 18.7 Å². The van der Waals surface area contributed by atoms with Gasteiger partial charge in [0.25, 0.3) is 0 Å². The van der Waals surface area contributed by atoms with E-state index in [1.165, 1.54) is 6.07 Å². The molecule has 1 aliphatic rings. The number of benzene rings is 1. The minimum absolute atomic E-state index is 0.115. The first-order chi connectivity index (χ1) is 9.54. The average Bonchev–Trinajstić information content (AvgIpc) is 2.92. The standard InChI is InChI=1S/C14H18F2N2O2/c1-2-18(8-9-4-3-7-17-9)11-6-5-10(14(19)20)12(15)13(11)16/h5-6,9,17H,2-4,7-8H2,1H3,(H,19,20). The highest BCUT2D eigenvalue weighted by Crippen LogP contribution is 2.25. The second-order valence-electron chi connectivity index (χ2n) is 4.90. The van der Waals surface area contributed by atoms with Gasteiger partial charge in [0.2, 0.25) is 0 Å². The van der Waals surface area contributed by atoms with Crippen molar-refractivity contribution in [3.05, 3.63) is 29.3 Å². The van der Waals surface area contributed by atoms with Crippen LogP contribution < -0.4 is 10.2 Å². The highest BCUT2D eigenvalue weighted by Gasteiger charge is 2.23. The fourth-order valence-electron chi connectivity index (χ4n) is 2.53. The van der Waals surface area contributed by atoms with E-state index in [1.54, 1.807) is 4.90 Å². The predicted octanol–water partition coefficient (Wildman–Crippen LogP) is 2.24. The van der Waals surface area contributed by atoms with E-state index in [2.05, 4.69) is 5.32 Å². The Bertz CT molecular complexity index is 502. The van der Waals surface area contributed by atoms with Crippen LogP contribution in [0.5, 0.6) is 0 Å². The first-order valence-corrected chi connectivity index (χ1v) is 6.74. The number of nitrogens with zero attached hydrogens (tertiary/aromatic N) is 1. The molecule has 1 heterocycles. The van der Waals surface area contributed by atoms with E-state index in [1.807, 2.05) is 6.92 Å². The summed E-state index contributed by atoms with van der Waals surface area (Å²) in [5.74, 6) is -3.86. The molecule has 0 bridgehead atoms. The predicted molar refractivity (Wildman–Crippen MR) is 72.2 cm³/mol. The Balaban J connectivity index is 2.25. The lowest BCUT2D eigenvalue weighted by Gasteiger charge is -2.27. The zero-order valence-corrected chi connectivity index (χ0v) is 11.3. The smallest absolute Gasteiger partial charge is 0.338 e. The molecule has 6 heteroatoms. The SMILES string of the molecule is CCN(CC1CCCN1)c1ccc(C(=O)O)c(F)c1F.